The van der Waals surface area contributed by atoms with Gasteiger partial charge in [0.05, 0.1) is 0 Å². The average molecular weight is 218 g/mol. The number of nitrogens with two attached hydrogens (primary N) is 1. The third-order valence-electron chi connectivity index (χ3n) is 3.53. The van der Waals surface area contributed by atoms with Crippen LogP contribution in [0.25, 0.3) is 0 Å². The summed E-state index contributed by atoms with van der Waals surface area (Å²) in [6.07, 6.45) is 3.66. The first-order valence-corrected chi connectivity index (χ1v) is 6.36. The molecule has 0 saturated heterocycles. The highest BCUT2D eigenvalue weighted by Crippen LogP contribution is 2.22. The number of benzene rings is 1. The smallest absolute Gasteiger partial charge is 0.0262 e. The largest absolute Gasteiger partial charge is 0.329 e. The summed E-state index contributed by atoms with van der Waals surface area (Å²) >= 11 is 0. The molecule has 1 aliphatic rings. The van der Waals surface area contributed by atoms with Crippen LogP contribution in [0.4, 0.5) is 0 Å². The van der Waals surface area contributed by atoms with Crippen molar-refractivity contribution in [3.63, 3.8) is 0 Å². The zero-order valence-electron chi connectivity index (χ0n) is 10.2. The Hall–Kier alpha value is -0.860. The van der Waals surface area contributed by atoms with Crippen LogP contribution in [0.5, 0.6) is 0 Å². The van der Waals surface area contributed by atoms with E-state index in [0.717, 1.165) is 19.5 Å². The van der Waals surface area contributed by atoms with Gasteiger partial charge < -0.3 is 5.73 Å². The van der Waals surface area contributed by atoms with Crippen LogP contribution in [-0.2, 0) is 13.0 Å². The zero-order valence-corrected chi connectivity index (χ0v) is 10.2. The Labute approximate surface area is 98.4 Å². The fraction of sp³-hybridized carbons (Fsp3) is 0.571. The van der Waals surface area contributed by atoms with E-state index in [-0.39, 0.29) is 0 Å². The molecule has 0 aliphatic carbocycles. The van der Waals surface area contributed by atoms with Gasteiger partial charge in [0.15, 0.2) is 0 Å². The molecule has 0 aromatic heterocycles. The highest BCUT2D eigenvalue weighted by atomic mass is 15.2. The van der Waals surface area contributed by atoms with Gasteiger partial charge >= 0.3 is 0 Å². The second kappa shape index (κ2) is 5.46. The van der Waals surface area contributed by atoms with Crippen LogP contribution in [-0.4, -0.2) is 24.0 Å². The van der Waals surface area contributed by atoms with E-state index in [1.165, 1.54) is 30.5 Å². The molecule has 1 heterocycles. The van der Waals surface area contributed by atoms with Crippen LogP contribution in [0.3, 0.4) is 0 Å². The molecule has 0 saturated carbocycles. The van der Waals surface area contributed by atoms with Gasteiger partial charge in [-0.3, -0.25) is 4.90 Å². The molecule has 1 aliphatic heterocycles. The summed E-state index contributed by atoms with van der Waals surface area (Å²) in [5.41, 5.74) is 8.86. The first kappa shape index (κ1) is 11.6. The Morgan fingerprint density at radius 3 is 2.75 bits per heavy atom. The maximum absolute atomic E-state index is 5.88. The first-order chi connectivity index (χ1) is 7.85. The van der Waals surface area contributed by atoms with Crippen molar-refractivity contribution in [1.29, 1.82) is 0 Å². The molecule has 0 radical (unpaired) electrons. The van der Waals surface area contributed by atoms with Gasteiger partial charge in [-0.15, -0.1) is 0 Å². The molecule has 0 fully saturated rings. The van der Waals surface area contributed by atoms with Gasteiger partial charge in [-0.1, -0.05) is 37.6 Å². The second-order valence-corrected chi connectivity index (χ2v) is 4.69. The van der Waals surface area contributed by atoms with Crippen LogP contribution in [0, 0.1) is 0 Å². The summed E-state index contributed by atoms with van der Waals surface area (Å²) in [7, 11) is 0. The van der Waals surface area contributed by atoms with Gasteiger partial charge in [-0.25, -0.2) is 0 Å². The fourth-order valence-electron chi connectivity index (χ4n) is 2.50. The lowest BCUT2D eigenvalue weighted by molar-refractivity contribution is 0.173. The molecule has 1 aromatic carbocycles. The van der Waals surface area contributed by atoms with E-state index in [9.17, 15) is 0 Å². The lowest BCUT2D eigenvalue weighted by atomic mass is 9.94. The van der Waals surface area contributed by atoms with E-state index in [4.69, 9.17) is 5.73 Å². The van der Waals surface area contributed by atoms with Crippen molar-refractivity contribution < 1.29 is 0 Å². The summed E-state index contributed by atoms with van der Waals surface area (Å²) in [5.74, 6) is 0. The molecule has 2 nitrogen and oxygen atoms in total. The maximum Gasteiger partial charge on any atom is 0.0262 e. The maximum atomic E-state index is 5.88. The summed E-state index contributed by atoms with van der Waals surface area (Å²) < 4.78 is 0. The Kier molecular flexibility index (Phi) is 3.97. The highest BCUT2D eigenvalue weighted by molar-refractivity contribution is 5.30. The number of rotatable bonds is 4. The molecule has 2 heteroatoms. The molecule has 0 spiro atoms. The van der Waals surface area contributed by atoms with Crippen LogP contribution in [0.1, 0.15) is 30.9 Å². The van der Waals surface area contributed by atoms with Crippen molar-refractivity contribution in [2.24, 2.45) is 5.73 Å². The monoisotopic (exact) mass is 218 g/mol. The van der Waals surface area contributed by atoms with Crippen LogP contribution in [0.2, 0.25) is 0 Å². The van der Waals surface area contributed by atoms with Gasteiger partial charge in [0, 0.05) is 19.1 Å². The average Bonchev–Trinajstić information content (AvgIpc) is 2.35. The predicted molar refractivity (Wildman–Crippen MR) is 68.3 cm³/mol. The van der Waals surface area contributed by atoms with Gasteiger partial charge in [-0.2, -0.15) is 0 Å². The third-order valence-corrected chi connectivity index (χ3v) is 3.53. The molecule has 1 aromatic rings. The summed E-state index contributed by atoms with van der Waals surface area (Å²) in [4.78, 5) is 2.55. The Balaban J connectivity index is 2.11. The minimum Gasteiger partial charge on any atom is -0.329 e. The lowest BCUT2D eigenvalue weighted by Gasteiger charge is -2.36. The second-order valence-electron chi connectivity index (χ2n) is 4.69. The van der Waals surface area contributed by atoms with E-state index in [1.54, 1.807) is 0 Å². The SMILES string of the molecule is CCCCN1Cc2ccccc2CC1CN. The van der Waals surface area contributed by atoms with Gasteiger partial charge in [0.1, 0.15) is 0 Å². The number of hydrogen-bond acceptors (Lipinski definition) is 2. The molecule has 0 amide bonds. The van der Waals surface area contributed by atoms with E-state index in [2.05, 4.69) is 36.1 Å². The predicted octanol–water partition coefficient (Wildman–Crippen LogP) is 2.17. The van der Waals surface area contributed by atoms with Crippen molar-refractivity contribution in [3.05, 3.63) is 35.4 Å². The van der Waals surface area contributed by atoms with Crippen LogP contribution >= 0.6 is 0 Å². The quantitative estimate of drug-likeness (QED) is 0.839. The molecule has 2 N–H and O–H groups in total. The highest BCUT2D eigenvalue weighted by Gasteiger charge is 2.23. The van der Waals surface area contributed by atoms with Crippen LogP contribution < -0.4 is 5.73 Å². The fourth-order valence-corrected chi connectivity index (χ4v) is 2.50. The summed E-state index contributed by atoms with van der Waals surface area (Å²) in [6, 6.07) is 9.31. The number of fused-ring (bicyclic) bond motifs is 1. The van der Waals surface area contributed by atoms with Crippen molar-refractivity contribution in [3.8, 4) is 0 Å². The molecule has 2 rings (SSSR count). The van der Waals surface area contributed by atoms with E-state index < -0.39 is 0 Å². The molecular formula is C14H22N2. The van der Waals surface area contributed by atoms with Gasteiger partial charge in [-0.05, 0) is 30.5 Å². The Morgan fingerprint density at radius 2 is 2.06 bits per heavy atom. The van der Waals surface area contributed by atoms with Crippen molar-refractivity contribution in [2.75, 3.05) is 13.1 Å². The molecule has 88 valence electrons. The van der Waals surface area contributed by atoms with Crippen LogP contribution in [0.15, 0.2) is 24.3 Å². The zero-order chi connectivity index (χ0) is 11.4. The molecule has 0 bridgehead atoms. The minimum absolute atomic E-state index is 0.543. The van der Waals surface area contributed by atoms with Gasteiger partial charge in [0.2, 0.25) is 0 Å². The Bertz CT molecular complexity index is 335. The normalized spacial score (nSPS) is 20.8. The number of unbranched alkanes of at least 4 members (excludes halogenated alkanes) is 1. The van der Waals surface area contributed by atoms with Crippen molar-refractivity contribution >= 4 is 0 Å². The first-order valence-electron chi connectivity index (χ1n) is 6.36. The summed E-state index contributed by atoms with van der Waals surface area (Å²) in [5, 5.41) is 0. The van der Waals surface area contributed by atoms with Crippen molar-refractivity contribution in [2.45, 2.75) is 38.8 Å². The molecule has 1 unspecified atom stereocenters. The third kappa shape index (κ3) is 2.45. The molecule has 1 atom stereocenters. The minimum atomic E-state index is 0.543. The standard InChI is InChI=1S/C14H22N2/c1-2-3-8-16-11-13-7-5-4-6-12(13)9-14(16)10-15/h4-7,14H,2-3,8-11,15H2,1H3. The van der Waals surface area contributed by atoms with E-state index >= 15 is 0 Å². The van der Waals surface area contributed by atoms with Gasteiger partial charge in [0.25, 0.3) is 0 Å². The topological polar surface area (TPSA) is 29.3 Å². The van der Waals surface area contributed by atoms with E-state index in [1.807, 2.05) is 0 Å². The Morgan fingerprint density at radius 1 is 1.31 bits per heavy atom. The summed E-state index contributed by atoms with van der Waals surface area (Å²) in [6.45, 7) is 5.29. The lowest BCUT2D eigenvalue weighted by Crippen LogP contribution is -2.45. The number of hydrogen-bond donors (Lipinski definition) is 1. The number of nitrogens with zero attached hydrogens (tertiary/aromatic N) is 1. The molecular weight excluding hydrogens is 196 g/mol. The van der Waals surface area contributed by atoms with Crippen molar-refractivity contribution in [1.82, 2.24) is 4.90 Å². The van der Waals surface area contributed by atoms with E-state index in [0.29, 0.717) is 6.04 Å². The molecule has 16 heavy (non-hydrogen) atoms.